The van der Waals surface area contributed by atoms with E-state index in [-0.39, 0.29) is 24.0 Å². The van der Waals surface area contributed by atoms with Gasteiger partial charge in [-0.1, -0.05) is 12.1 Å². The Balaban J connectivity index is 0.00000363. The molecule has 3 rings (SSSR count). The van der Waals surface area contributed by atoms with Crippen molar-refractivity contribution in [1.82, 2.24) is 15.5 Å². The molecular weight excluding hydrogens is 519 g/mol. The van der Waals surface area contributed by atoms with Crippen molar-refractivity contribution in [1.29, 1.82) is 0 Å². The molecule has 32 heavy (non-hydrogen) atoms. The average molecular weight is 561 g/mol. The fourth-order valence-corrected chi connectivity index (χ4v) is 4.60. The maximum atomic E-state index is 5.78. The van der Waals surface area contributed by atoms with E-state index in [2.05, 4.69) is 51.8 Å². The van der Waals surface area contributed by atoms with Crippen LogP contribution in [0.3, 0.4) is 0 Å². The van der Waals surface area contributed by atoms with Crippen LogP contribution in [0, 0.1) is 11.8 Å². The number of guanidine groups is 1. The van der Waals surface area contributed by atoms with Gasteiger partial charge in [0, 0.05) is 45.3 Å². The zero-order valence-electron chi connectivity index (χ0n) is 19.8. The van der Waals surface area contributed by atoms with E-state index in [9.17, 15) is 0 Å². The molecule has 0 aliphatic carbocycles. The number of aliphatic imine (C=N–C) groups is 1. The van der Waals surface area contributed by atoms with E-state index >= 15 is 0 Å². The van der Waals surface area contributed by atoms with Crippen LogP contribution >= 0.6 is 24.0 Å². The Labute approximate surface area is 210 Å². The van der Waals surface area contributed by atoms with Gasteiger partial charge in [0.15, 0.2) is 5.96 Å². The van der Waals surface area contributed by atoms with Gasteiger partial charge in [-0.15, -0.1) is 24.0 Å². The van der Waals surface area contributed by atoms with Crippen molar-refractivity contribution < 1.29 is 14.2 Å². The lowest BCUT2D eigenvalue weighted by Gasteiger charge is -2.40. The summed E-state index contributed by atoms with van der Waals surface area (Å²) in [4.78, 5) is 6.87. The number of hydrogen-bond donors (Lipinski definition) is 2. The summed E-state index contributed by atoms with van der Waals surface area (Å²) in [5.74, 6) is 2.88. The lowest BCUT2D eigenvalue weighted by molar-refractivity contribution is 0.0887. The molecule has 0 saturated carbocycles. The minimum atomic E-state index is 0. The third kappa shape index (κ3) is 8.35. The summed E-state index contributed by atoms with van der Waals surface area (Å²) >= 11 is 0. The number of rotatable bonds is 10. The van der Waals surface area contributed by atoms with Crippen LogP contribution in [0.2, 0.25) is 0 Å². The molecule has 8 heteroatoms. The standard InChI is InChI=1S/C24H40N4O3.HI/c1-25-24(26-12-5-14-30-17-19-11-15-31-18-19)27-16-21-6-4-13-28(2)23(21)20-7-9-22(29-3)10-8-20;/h7-10,19,21,23H,4-6,11-18H2,1-3H3,(H2,25,26,27);1H. The minimum absolute atomic E-state index is 0. The molecule has 2 fully saturated rings. The fourth-order valence-electron chi connectivity index (χ4n) is 4.60. The first-order valence-electron chi connectivity index (χ1n) is 11.7. The number of benzene rings is 1. The number of hydrogen-bond acceptors (Lipinski definition) is 5. The van der Waals surface area contributed by atoms with Gasteiger partial charge in [0.05, 0.1) is 20.3 Å². The molecule has 1 aromatic rings. The van der Waals surface area contributed by atoms with Crippen molar-refractivity contribution in [3.63, 3.8) is 0 Å². The Morgan fingerprint density at radius 2 is 2.03 bits per heavy atom. The molecule has 182 valence electrons. The monoisotopic (exact) mass is 560 g/mol. The molecule has 0 amide bonds. The summed E-state index contributed by atoms with van der Waals surface area (Å²) in [6, 6.07) is 8.92. The second kappa shape index (κ2) is 14.9. The number of halogens is 1. The van der Waals surface area contributed by atoms with E-state index in [1.54, 1.807) is 7.11 Å². The van der Waals surface area contributed by atoms with Crippen molar-refractivity contribution in [2.45, 2.75) is 31.7 Å². The van der Waals surface area contributed by atoms with Crippen molar-refractivity contribution >= 4 is 29.9 Å². The molecule has 3 unspecified atom stereocenters. The van der Waals surface area contributed by atoms with Crippen LogP contribution in [-0.2, 0) is 9.47 Å². The van der Waals surface area contributed by atoms with Gasteiger partial charge in [0.2, 0.25) is 0 Å². The predicted molar refractivity (Wildman–Crippen MR) is 140 cm³/mol. The molecule has 0 radical (unpaired) electrons. The predicted octanol–water partition coefficient (Wildman–Crippen LogP) is 3.30. The summed E-state index contributed by atoms with van der Waals surface area (Å²) < 4.78 is 16.5. The molecule has 7 nitrogen and oxygen atoms in total. The van der Waals surface area contributed by atoms with Crippen LogP contribution < -0.4 is 15.4 Å². The molecule has 3 atom stereocenters. The molecular formula is C24H41IN4O3. The number of nitrogens with one attached hydrogen (secondary N) is 2. The normalized spacial score (nSPS) is 24.1. The first-order chi connectivity index (χ1) is 15.2. The Morgan fingerprint density at radius 3 is 2.72 bits per heavy atom. The third-order valence-corrected chi connectivity index (χ3v) is 6.36. The Bertz CT molecular complexity index is 668. The van der Waals surface area contributed by atoms with Crippen LogP contribution in [0.1, 0.15) is 37.3 Å². The lowest BCUT2D eigenvalue weighted by Crippen LogP contribution is -2.45. The minimum Gasteiger partial charge on any atom is -0.497 e. The zero-order chi connectivity index (χ0) is 21.9. The van der Waals surface area contributed by atoms with Crippen LogP contribution in [0.5, 0.6) is 5.75 Å². The summed E-state index contributed by atoms with van der Waals surface area (Å²) in [5, 5.41) is 6.97. The van der Waals surface area contributed by atoms with Crippen molar-refractivity contribution in [2.75, 3.05) is 67.3 Å². The topological polar surface area (TPSA) is 67.4 Å². The van der Waals surface area contributed by atoms with Gasteiger partial charge in [-0.2, -0.15) is 0 Å². The lowest BCUT2D eigenvalue weighted by atomic mass is 9.85. The van der Waals surface area contributed by atoms with Crippen molar-refractivity contribution in [3.8, 4) is 5.75 Å². The van der Waals surface area contributed by atoms with E-state index in [1.165, 1.54) is 18.4 Å². The molecule has 0 spiro atoms. The number of piperidine rings is 1. The van der Waals surface area contributed by atoms with E-state index in [0.717, 1.165) is 70.6 Å². The molecule has 2 saturated heterocycles. The van der Waals surface area contributed by atoms with Crippen molar-refractivity contribution in [2.24, 2.45) is 16.8 Å². The van der Waals surface area contributed by atoms with Gasteiger partial charge < -0.3 is 24.8 Å². The highest BCUT2D eigenvalue weighted by Gasteiger charge is 2.30. The van der Waals surface area contributed by atoms with Crippen LogP contribution in [0.25, 0.3) is 0 Å². The van der Waals surface area contributed by atoms with Gasteiger partial charge in [-0.3, -0.25) is 9.89 Å². The first-order valence-corrected chi connectivity index (χ1v) is 11.7. The smallest absolute Gasteiger partial charge is 0.190 e. The highest BCUT2D eigenvalue weighted by molar-refractivity contribution is 14.0. The summed E-state index contributed by atoms with van der Waals surface area (Å²) in [6.45, 7) is 6.21. The van der Waals surface area contributed by atoms with E-state index < -0.39 is 0 Å². The molecule has 1 aromatic carbocycles. The number of ether oxygens (including phenoxy) is 3. The highest BCUT2D eigenvalue weighted by atomic mass is 127. The summed E-state index contributed by atoms with van der Waals surface area (Å²) in [6.07, 6.45) is 4.53. The SMILES string of the molecule is CN=C(NCCCOCC1CCOC1)NCC1CCCN(C)C1c1ccc(OC)cc1.I. The highest BCUT2D eigenvalue weighted by Crippen LogP contribution is 2.35. The molecule has 0 aromatic heterocycles. The molecule has 2 heterocycles. The molecule has 2 aliphatic rings. The maximum Gasteiger partial charge on any atom is 0.190 e. The zero-order valence-corrected chi connectivity index (χ0v) is 22.2. The van der Waals surface area contributed by atoms with E-state index in [0.29, 0.717) is 17.9 Å². The largest absolute Gasteiger partial charge is 0.497 e. The fraction of sp³-hybridized carbons (Fsp3) is 0.708. The second-order valence-electron chi connectivity index (χ2n) is 8.64. The molecule has 0 bridgehead atoms. The number of likely N-dealkylation sites (tertiary alicyclic amines) is 1. The number of methoxy groups -OCH3 is 1. The first kappa shape index (κ1) is 27.1. The van der Waals surface area contributed by atoms with Gasteiger partial charge in [0.1, 0.15) is 5.75 Å². The maximum absolute atomic E-state index is 5.78. The van der Waals surface area contributed by atoms with Gasteiger partial charge in [-0.25, -0.2) is 0 Å². The number of nitrogens with zero attached hydrogens (tertiary/aromatic N) is 2. The Kier molecular flexibility index (Phi) is 12.7. The van der Waals surface area contributed by atoms with Gasteiger partial charge in [0.25, 0.3) is 0 Å². The quantitative estimate of drug-likeness (QED) is 0.198. The van der Waals surface area contributed by atoms with Crippen LogP contribution in [-0.4, -0.2) is 78.1 Å². The average Bonchev–Trinajstić information content (AvgIpc) is 3.32. The van der Waals surface area contributed by atoms with Gasteiger partial charge in [-0.05, 0) is 62.9 Å². The van der Waals surface area contributed by atoms with Gasteiger partial charge >= 0.3 is 0 Å². The van der Waals surface area contributed by atoms with Crippen molar-refractivity contribution in [3.05, 3.63) is 29.8 Å². The molecule has 2 aliphatic heterocycles. The Morgan fingerprint density at radius 1 is 1.22 bits per heavy atom. The van der Waals surface area contributed by atoms with Crippen LogP contribution in [0.15, 0.2) is 29.3 Å². The molecule has 2 N–H and O–H groups in total. The second-order valence-corrected chi connectivity index (χ2v) is 8.64. The summed E-state index contributed by atoms with van der Waals surface area (Å²) in [5.41, 5.74) is 1.35. The summed E-state index contributed by atoms with van der Waals surface area (Å²) in [7, 11) is 5.77. The van der Waals surface area contributed by atoms with E-state index in [1.807, 2.05) is 7.05 Å². The third-order valence-electron chi connectivity index (χ3n) is 6.36. The van der Waals surface area contributed by atoms with Crippen LogP contribution in [0.4, 0.5) is 0 Å². The Hall–Kier alpha value is -1.10. The van der Waals surface area contributed by atoms with E-state index in [4.69, 9.17) is 14.2 Å².